The summed E-state index contributed by atoms with van der Waals surface area (Å²) < 4.78 is 26.3. The zero-order valence-corrected chi connectivity index (χ0v) is 11.2. The van der Waals surface area contributed by atoms with Crippen molar-refractivity contribution in [1.82, 2.24) is 9.71 Å². The molecule has 0 amide bonds. The van der Waals surface area contributed by atoms with Crippen molar-refractivity contribution in [3.63, 3.8) is 0 Å². The first-order valence-electron chi connectivity index (χ1n) is 5.71. The minimum absolute atomic E-state index is 0.150. The van der Waals surface area contributed by atoms with E-state index in [4.69, 9.17) is 0 Å². The SMILES string of the molecule is Cc1ccc(CNS(=O)(=O)c2c[nH]ccc2=O)cc1. The van der Waals surface area contributed by atoms with Gasteiger partial charge in [0.15, 0.2) is 0 Å². The van der Waals surface area contributed by atoms with Gasteiger partial charge in [-0.25, -0.2) is 13.1 Å². The predicted molar refractivity (Wildman–Crippen MR) is 72.3 cm³/mol. The van der Waals surface area contributed by atoms with Gasteiger partial charge in [-0.15, -0.1) is 0 Å². The molecule has 19 heavy (non-hydrogen) atoms. The number of aromatic amines is 1. The number of aromatic nitrogens is 1. The number of pyridine rings is 1. The molecule has 100 valence electrons. The minimum Gasteiger partial charge on any atom is -0.366 e. The monoisotopic (exact) mass is 278 g/mol. The zero-order valence-electron chi connectivity index (χ0n) is 10.4. The normalized spacial score (nSPS) is 11.4. The van der Waals surface area contributed by atoms with Crippen molar-refractivity contribution in [2.75, 3.05) is 0 Å². The fraction of sp³-hybridized carbons (Fsp3) is 0.154. The quantitative estimate of drug-likeness (QED) is 0.881. The number of hydrogen-bond donors (Lipinski definition) is 2. The second-order valence-corrected chi connectivity index (χ2v) is 5.92. The van der Waals surface area contributed by atoms with Gasteiger partial charge in [-0.2, -0.15) is 0 Å². The molecule has 2 rings (SSSR count). The molecule has 0 bridgehead atoms. The highest BCUT2D eigenvalue weighted by molar-refractivity contribution is 7.89. The molecule has 0 aliphatic heterocycles. The van der Waals surface area contributed by atoms with E-state index in [1.165, 1.54) is 18.5 Å². The summed E-state index contributed by atoms with van der Waals surface area (Å²) in [5.74, 6) is 0. The van der Waals surface area contributed by atoms with Crippen LogP contribution in [0, 0.1) is 6.92 Å². The van der Waals surface area contributed by atoms with E-state index >= 15 is 0 Å². The molecule has 2 aromatic rings. The molecule has 0 aliphatic rings. The van der Waals surface area contributed by atoms with Gasteiger partial charge in [0, 0.05) is 25.0 Å². The van der Waals surface area contributed by atoms with Crippen LogP contribution in [0.15, 0.2) is 52.4 Å². The van der Waals surface area contributed by atoms with Crippen LogP contribution in [0.25, 0.3) is 0 Å². The Morgan fingerprint density at radius 1 is 1.16 bits per heavy atom. The summed E-state index contributed by atoms with van der Waals surface area (Å²) >= 11 is 0. The molecule has 0 saturated heterocycles. The smallest absolute Gasteiger partial charge is 0.246 e. The van der Waals surface area contributed by atoms with Crippen molar-refractivity contribution in [3.05, 3.63) is 64.1 Å². The van der Waals surface area contributed by atoms with Gasteiger partial charge in [-0.3, -0.25) is 4.79 Å². The van der Waals surface area contributed by atoms with Gasteiger partial charge in [-0.05, 0) is 12.5 Å². The predicted octanol–water partition coefficient (Wildman–Crippen LogP) is 1.16. The average molecular weight is 278 g/mol. The second kappa shape index (κ2) is 5.38. The zero-order chi connectivity index (χ0) is 13.9. The van der Waals surface area contributed by atoms with Crippen LogP contribution in [0.5, 0.6) is 0 Å². The molecular formula is C13H14N2O3S. The molecule has 0 fully saturated rings. The number of sulfonamides is 1. The molecule has 0 saturated carbocycles. The number of benzene rings is 1. The van der Waals surface area contributed by atoms with Crippen LogP contribution in [0.1, 0.15) is 11.1 Å². The van der Waals surface area contributed by atoms with E-state index in [-0.39, 0.29) is 11.4 Å². The average Bonchev–Trinajstić information content (AvgIpc) is 2.38. The standard InChI is InChI=1S/C13H14N2O3S/c1-10-2-4-11(5-3-10)8-15-19(17,18)13-9-14-7-6-12(13)16/h2-7,9,15H,8H2,1H3,(H,14,16). The van der Waals surface area contributed by atoms with Crippen LogP contribution in [-0.4, -0.2) is 13.4 Å². The maximum atomic E-state index is 12.0. The Morgan fingerprint density at radius 3 is 2.47 bits per heavy atom. The highest BCUT2D eigenvalue weighted by Crippen LogP contribution is 2.05. The maximum Gasteiger partial charge on any atom is 0.246 e. The maximum absolute atomic E-state index is 12.0. The van der Waals surface area contributed by atoms with Gasteiger partial charge in [0.25, 0.3) is 0 Å². The summed E-state index contributed by atoms with van der Waals surface area (Å²) in [4.78, 5) is 13.8. The lowest BCUT2D eigenvalue weighted by molar-refractivity contribution is 0.580. The van der Waals surface area contributed by atoms with E-state index in [9.17, 15) is 13.2 Å². The molecule has 1 heterocycles. The summed E-state index contributed by atoms with van der Waals surface area (Å²) in [6.45, 7) is 2.11. The Morgan fingerprint density at radius 2 is 1.84 bits per heavy atom. The van der Waals surface area contributed by atoms with Crippen LogP contribution in [0.3, 0.4) is 0 Å². The van der Waals surface area contributed by atoms with Gasteiger partial charge in [-0.1, -0.05) is 29.8 Å². The largest absolute Gasteiger partial charge is 0.366 e. The van der Waals surface area contributed by atoms with Crippen molar-refractivity contribution in [2.24, 2.45) is 0 Å². The van der Waals surface area contributed by atoms with Crippen LogP contribution < -0.4 is 10.2 Å². The number of hydrogen-bond acceptors (Lipinski definition) is 3. The highest BCUT2D eigenvalue weighted by atomic mass is 32.2. The fourth-order valence-electron chi connectivity index (χ4n) is 1.57. The van der Waals surface area contributed by atoms with Crippen molar-refractivity contribution in [1.29, 1.82) is 0 Å². The molecule has 1 aromatic carbocycles. The van der Waals surface area contributed by atoms with E-state index in [0.29, 0.717) is 0 Å². The summed E-state index contributed by atoms with van der Waals surface area (Å²) in [6, 6.07) is 8.67. The molecule has 5 nitrogen and oxygen atoms in total. The van der Waals surface area contributed by atoms with E-state index in [0.717, 1.165) is 11.1 Å². The lowest BCUT2D eigenvalue weighted by atomic mass is 10.2. The Hall–Kier alpha value is -1.92. The fourth-order valence-corrected chi connectivity index (χ4v) is 2.64. The molecular weight excluding hydrogens is 264 g/mol. The lowest BCUT2D eigenvalue weighted by Gasteiger charge is -2.06. The summed E-state index contributed by atoms with van der Waals surface area (Å²) in [5, 5.41) is 0. The molecule has 1 aromatic heterocycles. The lowest BCUT2D eigenvalue weighted by Crippen LogP contribution is -2.27. The van der Waals surface area contributed by atoms with E-state index in [1.54, 1.807) is 0 Å². The molecule has 0 atom stereocenters. The van der Waals surface area contributed by atoms with Crippen LogP contribution in [-0.2, 0) is 16.6 Å². The number of H-pyrrole nitrogens is 1. The molecule has 0 unspecified atom stereocenters. The third kappa shape index (κ3) is 3.30. The summed E-state index contributed by atoms with van der Waals surface area (Å²) in [7, 11) is -3.79. The Kier molecular flexibility index (Phi) is 3.82. The third-order valence-corrected chi connectivity index (χ3v) is 4.09. The molecule has 0 spiro atoms. The van der Waals surface area contributed by atoms with Gasteiger partial charge >= 0.3 is 0 Å². The van der Waals surface area contributed by atoms with Crippen molar-refractivity contribution in [3.8, 4) is 0 Å². The summed E-state index contributed by atoms with van der Waals surface area (Å²) in [6.07, 6.45) is 2.57. The second-order valence-electron chi connectivity index (χ2n) is 4.18. The first-order chi connectivity index (χ1) is 8.99. The molecule has 0 aliphatic carbocycles. The molecule has 6 heteroatoms. The first-order valence-corrected chi connectivity index (χ1v) is 7.20. The number of rotatable bonds is 4. The van der Waals surface area contributed by atoms with Crippen molar-refractivity contribution < 1.29 is 8.42 Å². The van der Waals surface area contributed by atoms with E-state index in [2.05, 4.69) is 9.71 Å². The van der Waals surface area contributed by atoms with Gasteiger partial charge in [0.1, 0.15) is 4.90 Å². The first kappa shape index (κ1) is 13.5. The molecule has 2 N–H and O–H groups in total. The van der Waals surface area contributed by atoms with Gasteiger partial charge in [0.2, 0.25) is 15.5 Å². The van der Waals surface area contributed by atoms with E-state index < -0.39 is 15.5 Å². The Bertz CT molecular complexity index is 718. The third-order valence-electron chi connectivity index (χ3n) is 2.66. The van der Waals surface area contributed by atoms with E-state index in [1.807, 2.05) is 31.2 Å². The number of aryl methyl sites for hydroxylation is 1. The van der Waals surface area contributed by atoms with Crippen LogP contribution in [0.4, 0.5) is 0 Å². The molecule has 0 radical (unpaired) electrons. The van der Waals surface area contributed by atoms with Gasteiger partial charge < -0.3 is 4.98 Å². The van der Waals surface area contributed by atoms with Crippen molar-refractivity contribution in [2.45, 2.75) is 18.4 Å². The summed E-state index contributed by atoms with van der Waals surface area (Å²) in [5.41, 5.74) is 1.41. The minimum atomic E-state index is -3.79. The Labute approximate surface area is 111 Å². The topological polar surface area (TPSA) is 79.0 Å². The highest BCUT2D eigenvalue weighted by Gasteiger charge is 2.16. The Balaban J connectivity index is 2.17. The van der Waals surface area contributed by atoms with Crippen molar-refractivity contribution >= 4 is 10.0 Å². The van der Waals surface area contributed by atoms with Crippen LogP contribution >= 0.6 is 0 Å². The van der Waals surface area contributed by atoms with Crippen LogP contribution in [0.2, 0.25) is 0 Å². The van der Waals surface area contributed by atoms with Gasteiger partial charge in [0.05, 0.1) is 0 Å². The number of nitrogens with one attached hydrogen (secondary N) is 2.